The van der Waals surface area contributed by atoms with Gasteiger partial charge in [-0.1, -0.05) is 6.08 Å². The van der Waals surface area contributed by atoms with Crippen molar-refractivity contribution >= 4 is 0 Å². The first-order valence-electron chi connectivity index (χ1n) is 7.33. The molecular weight excluding hydrogens is 238 g/mol. The van der Waals surface area contributed by atoms with Crippen molar-refractivity contribution in [3.05, 3.63) is 23.6 Å². The topological polar surface area (TPSA) is 41.7 Å². The molecule has 1 fully saturated rings. The highest BCUT2D eigenvalue weighted by Gasteiger charge is 2.24. The monoisotopic (exact) mass is 265 g/mol. The summed E-state index contributed by atoms with van der Waals surface area (Å²) in [4.78, 5) is 4.80. The van der Waals surface area contributed by atoms with E-state index >= 15 is 0 Å². The minimum atomic E-state index is 0.0306. The first-order valence-corrected chi connectivity index (χ1v) is 7.33. The van der Waals surface area contributed by atoms with Crippen molar-refractivity contribution in [2.24, 2.45) is 5.73 Å². The van der Waals surface area contributed by atoms with Crippen LogP contribution in [0.1, 0.15) is 26.2 Å². The molecule has 1 unspecified atom stereocenters. The van der Waals surface area contributed by atoms with E-state index in [4.69, 9.17) is 10.5 Å². The molecule has 1 saturated heterocycles. The van der Waals surface area contributed by atoms with E-state index in [2.05, 4.69) is 36.0 Å². The van der Waals surface area contributed by atoms with Gasteiger partial charge in [0, 0.05) is 30.9 Å². The van der Waals surface area contributed by atoms with E-state index in [1.165, 1.54) is 18.5 Å². The molecule has 1 aliphatic carbocycles. The number of nitrogens with two attached hydrogens (primary N) is 1. The Morgan fingerprint density at radius 1 is 1.37 bits per heavy atom. The Kier molecular flexibility index (Phi) is 4.88. The lowest BCUT2D eigenvalue weighted by atomic mass is 10.00. The van der Waals surface area contributed by atoms with Crippen molar-refractivity contribution in [1.29, 1.82) is 0 Å². The molecule has 1 atom stereocenters. The maximum Gasteiger partial charge on any atom is 0.115 e. The van der Waals surface area contributed by atoms with Crippen molar-refractivity contribution in [2.75, 3.05) is 33.8 Å². The van der Waals surface area contributed by atoms with Crippen molar-refractivity contribution in [3.8, 4) is 0 Å². The van der Waals surface area contributed by atoms with Gasteiger partial charge in [-0.3, -0.25) is 0 Å². The maximum absolute atomic E-state index is 6.06. The summed E-state index contributed by atoms with van der Waals surface area (Å²) in [5.41, 5.74) is 7.35. The van der Waals surface area contributed by atoms with Gasteiger partial charge in [-0.2, -0.15) is 0 Å². The fourth-order valence-electron chi connectivity index (χ4n) is 2.85. The third-order valence-electron chi connectivity index (χ3n) is 4.11. The van der Waals surface area contributed by atoms with Crippen LogP contribution in [-0.2, 0) is 4.74 Å². The molecule has 2 rings (SSSR count). The van der Waals surface area contributed by atoms with E-state index in [-0.39, 0.29) is 6.04 Å². The number of hydrogen-bond donors (Lipinski definition) is 1. The molecule has 0 aromatic heterocycles. The molecule has 4 heteroatoms. The smallest absolute Gasteiger partial charge is 0.115 e. The molecule has 4 nitrogen and oxygen atoms in total. The molecule has 1 heterocycles. The van der Waals surface area contributed by atoms with Crippen LogP contribution in [0.3, 0.4) is 0 Å². The summed E-state index contributed by atoms with van der Waals surface area (Å²) in [6, 6.07) is 0.751. The van der Waals surface area contributed by atoms with Gasteiger partial charge < -0.3 is 20.3 Å². The molecule has 2 N–H and O–H groups in total. The van der Waals surface area contributed by atoms with E-state index in [0.717, 1.165) is 31.3 Å². The van der Waals surface area contributed by atoms with Crippen molar-refractivity contribution in [3.63, 3.8) is 0 Å². The highest BCUT2D eigenvalue weighted by atomic mass is 16.5. The van der Waals surface area contributed by atoms with Crippen LogP contribution in [0.4, 0.5) is 0 Å². The predicted molar refractivity (Wildman–Crippen MR) is 78.7 cm³/mol. The molecule has 0 aromatic carbocycles. The third kappa shape index (κ3) is 3.51. The molecule has 0 aromatic rings. The van der Waals surface area contributed by atoms with Crippen LogP contribution in [0.15, 0.2) is 23.6 Å². The standard InChI is InChI=1S/C15H27N3O/c1-4-19-15-11-13(5-6-14(15)16)18-9-7-12(8-10-18)17(2)3/h5,11-12,14H,4,6-10,16H2,1-3H3. The summed E-state index contributed by atoms with van der Waals surface area (Å²) in [6.45, 7) is 4.95. The van der Waals surface area contributed by atoms with Crippen molar-refractivity contribution in [2.45, 2.75) is 38.3 Å². The second-order valence-corrected chi connectivity index (χ2v) is 5.63. The van der Waals surface area contributed by atoms with Crippen LogP contribution in [0.5, 0.6) is 0 Å². The lowest BCUT2D eigenvalue weighted by Crippen LogP contribution is -2.42. The number of piperidine rings is 1. The summed E-state index contributed by atoms with van der Waals surface area (Å²) >= 11 is 0. The van der Waals surface area contributed by atoms with E-state index < -0.39 is 0 Å². The zero-order valence-corrected chi connectivity index (χ0v) is 12.4. The van der Waals surface area contributed by atoms with Gasteiger partial charge in [0.25, 0.3) is 0 Å². The molecule has 19 heavy (non-hydrogen) atoms. The minimum Gasteiger partial charge on any atom is -0.496 e. The Morgan fingerprint density at radius 2 is 2.05 bits per heavy atom. The van der Waals surface area contributed by atoms with Crippen molar-refractivity contribution < 1.29 is 4.74 Å². The number of rotatable bonds is 4. The van der Waals surface area contributed by atoms with Gasteiger partial charge in [0.2, 0.25) is 0 Å². The van der Waals surface area contributed by atoms with E-state index in [1.807, 2.05) is 6.92 Å². The Morgan fingerprint density at radius 3 is 2.63 bits per heavy atom. The van der Waals surface area contributed by atoms with Crippen molar-refractivity contribution in [1.82, 2.24) is 9.80 Å². The Bertz CT molecular complexity index is 354. The minimum absolute atomic E-state index is 0.0306. The molecule has 1 aliphatic heterocycles. The lowest BCUT2D eigenvalue weighted by Gasteiger charge is -2.38. The zero-order chi connectivity index (χ0) is 13.8. The predicted octanol–water partition coefficient (Wildman–Crippen LogP) is 1.55. The summed E-state index contributed by atoms with van der Waals surface area (Å²) in [6.07, 6.45) is 7.73. The Labute approximate surface area is 116 Å². The molecule has 0 amide bonds. The summed E-state index contributed by atoms with van der Waals surface area (Å²) in [5.74, 6) is 0.940. The lowest BCUT2D eigenvalue weighted by molar-refractivity contribution is 0.168. The summed E-state index contributed by atoms with van der Waals surface area (Å²) < 4.78 is 5.64. The molecule has 0 spiro atoms. The third-order valence-corrected chi connectivity index (χ3v) is 4.11. The van der Waals surface area contributed by atoms with E-state index in [0.29, 0.717) is 6.61 Å². The van der Waals surface area contributed by atoms with Crippen LogP contribution < -0.4 is 5.73 Å². The van der Waals surface area contributed by atoms with Crippen LogP contribution >= 0.6 is 0 Å². The first kappa shape index (κ1) is 14.4. The first-order chi connectivity index (χ1) is 9.11. The fraction of sp³-hybridized carbons (Fsp3) is 0.733. The van der Waals surface area contributed by atoms with Gasteiger partial charge in [0.1, 0.15) is 5.76 Å². The highest BCUT2D eigenvalue weighted by Crippen LogP contribution is 2.24. The van der Waals surface area contributed by atoms with Crippen LogP contribution in [0.25, 0.3) is 0 Å². The average Bonchev–Trinajstić information content (AvgIpc) is 2.41. The van der Waals surface area contributed by atoms with Gasteiger partial charge in [-0.25, -0.2) is 0 Å². The molecule has 2 aliphatic rings. The molecule has 108 valence electrons. The maximum atomic E-state index is 6.06. The molecule has 0 saturated carbocycles. The highest BCUT2D eigenvalue weighted by molar-refractivity contribution is 5.28. The number of likely N-dealkylation sites (tertiary alicyclic amines) is 1. The quantitative estimate of drug-likeness (QED) is 0.837. The van der Waals surface area contributed by atoms with Gasteiger partial charge in [0.05, 0.1) is 12.6 Å². The second kappa shape index (κ2) is 6.44. The SMILES string of the molecule is CCOC1=CC(N2CCC(N(C)C)CC2)=CCC1N. The fourth-order valence-corrected chi connectivity index (χ4v) is 2.85. The van der Waals surface area contributed by atoms with E-state index in [1.54, 1.807) is 0 Å². The van der Waals surface area contributed by atoms with Crippen LogP contribution in [-0.4, -0.2) is 55.7 Å². The summed E-state index contributed by atoms with van der Waals surface area (Å²) in [7, 11) is 4.35. The number of ether oxygens (including phenoxy) is 1. The largest absolute Gasteiger partial charge is 0.496 e. The average molecular weight is 265 g/mol. The van der Waals surface area contributed by atoms with Crippen LogP contribution in [0, 0.1) is 0 Å². The van der Waals surface area contributed by atoms with Gasteiger partial charge in [-0.15, -0.1) is 0 Å². The molecule has 0 bridgehead atoms. The molecule has 0 radical (unpaired) electrons. The number of allylic oxidation sites excluding steroid dienone is 1. The normalized spacial score (nSPS) is 25.3. The Hall–Kier alpha value is -1.00. The Balaban J connectivity index is 1.96. The van der Waals surface area contributed by atoms with E-state index in [9.17, 15) is 0 Å². The summed E-state index contributed by atoms with van der Waals surface area (Å²) in [5, 5.41) is 0. The van der Waals surface area contributed by atoms with Crippen LogP contribution in [0.2, 0.25) is 0 Å². The van der Waals surface area contributed by atoms with Gasteiger partial charge >= 0.3 is 0 Å². The second-order valence-electron chi connectivity index (χ2n) is 5.63. The number of nitrogens with zero attached hydrogens (tertiary/aromatic N) is 2. The number of hydrogen-bond acceptors (Lipinski definition) is 4. The van der Waals surface area contributed by atoms with Gasteiger partial charge in [-0.05, 0) is 40.3 Å². The van der Waals surface area contributed by atoms with Gasteiger partial charge in [0.15, 0.2) is 0 Å². The molecular formula is C15H27N3O. The zero-order valence-electron chi connectivity index (χ0n) is 12.4.